The van der Waals surface area contributed by atoms with E-state index >= 15 is 0 Å². The van der Waals surface area contributed by atoms with Crippen LogP contribution in [-0.2, 0) is 13.1 Å². The highest BCUT2D eigenvalue weighted by Gasteiger charge is 2.32. The summed E-state index contributed by atoms with van der Waals surface area (Å²) in [4.78, 5) is 1.92. The fourth-order valence-corrected chi connectivity index (χ4v) is 4.49. The van der Waals surface area contributed by atoms with Gasteiger partial charge in [-0.1, -0.05) is 6.07 Å². The first-order valence-corrected chi connectivity index (χ1v) is 11.6. The minimum absolute atomic E-state index is 0.0253. The second-order valence-electron chi connectivity index (χ2n) is 9.36. The molecule has 2 aliphatic rings. The zero-order valence-corrected chi connectivity index (χ0v) is 18.9. The molecule has 2 fully saturated rings. The van der Waals surface area contributed by atoms with Crippen molar-refractivity contribution in [2.75, 3.05) is 32.0 Å². The van der Waals surface area contributed by atoms with Gasteiger partial charge in [-0.2, -0.15) is 13.2 Å². The van der Waals surface area contributed by atoms with E-state index in [0.717, 1.165) is 17.7 Å². The predicted octanol–water partition coefficient (Wildman–Crippen LogP) is 4.21. The van der Waals surface area contributed by atoms with Crippen molar-refractivity contribution in [3.8, 4) is 11.6 Å². The van der Waals surface area contributed by atoms with Crippen molar-refractivity contribution < 1.29 is 22.0 Å². The number of rotatable bonds is 8. The maximum absolute atomic E-state index is 14.6. The molecule has 1 aliphatic heterocycles. The molecule has 0 spiro atoms. The van der Waals surface area contributed by atoms with Crippen LogP contribution in [0.4, 0.5) is 23.2 Å². The number of hydrogen-bond donors (Lipinski definition) is 2. The van der Waals surface area contributed by atoms with Crippen molar-refractivity contribution in [3.63, 3.8) is 0 Å². The first-order chi connectivity index (χ1) is 16.3. The summed E-state index contributed by atoms with van der Waals surface area (Å²) in [7, 11) is 1.87. The van der Waals surface area contributed by atoms with E-state index < -0.39 is 24.9 Å². The number of likely N-dealkylation sites (tertiary alicyclic amines) is 1. The topological polar surface area (TPSA) is 71.2 Å². The minimum atomic E-state index is -4.45. The van der Waals surface area contributed by atoms with Crippen molar-refractivity contribution >= 4 is 16.6 Å². The van der Waals surface area contributed by atoms with Crippen molar-refractivity contribution in [2.45, 2.75) is 50.7 Å². The number of nitrogens with one attached hydrogen (secondary N) is 2. The Morgan fingerprint density at radius 3 is 2.74 bits per heavy atom. The van der Waals surface area contributed by atoms with Crippen LogP contribution >= 0.6 is 0 Å². The Morgan fingerprint density at radius 1 is 1.18 bits per heavy atom. The second kappa shape index (κ2) is 9.18. The van der Waals surface area contributed by atoms with Gasteiger partial charge >= 0.3 is 6.18 Å². The predicted molar refractivity (Wildman–Crippen MR) is 120 cm³/mol. The fraction of sp³-hybridized carbons (Fsp3) is 0.565. The number of benzene rings is 1. The van der Waals surface area contributed by atoms with Crippen LogP contribution in [0.5, 0.6) is 0 Å². The van der Waals surface area contributed by atoms with Crippen molar-refractivity contribution in [2.24, 2.45) is 5.92 Å². The molecule has 0 bridgehead atoms. The summed E-state index contributed by atoms with van der Waals surface area (Å²) in [5, 5.41) is 15.0. The number of anilines is 1. The zero-order chi connectivity index (χ0) is 23.9. The minimum Gasteiger partial charge on any atom is -0.418 e. The third-order valence-electron chi connectivity index (χ3n) is 6.46. The Kier molecular flexibility index (Phi) is 6.24. The first-order valence-electron chi connectivity index (χ1n) is 11.6. The Morgan fingerprint density at radius 2 is 2.00 bits per heavy atom. The van der Waals surface area contributed by atoms with Gasteiger partial charge in [0.05, 0.1) is 18.1 Å². The molecule has 1 aromatic carbocycles. The fourth-order valence-electron chi connectivity index (χ4n) is 4.49. The number of nitrogens with zero attached hydrogens (tertiary/aromatic N) is 4. The molecule has 2 atom stereocenters. The van der Waals surface area contributed by atoms with Gasteiger partial charge in [-0.3, -0.25) is 0 Å². The van der Waals surface area contributed by atoms with E-state index in [0.29, 0.717) is 47.9 Å². The lowest BCUT2D eigenvalue weighted by Gasteiger charge is -2.33. The Balaban J connectivity index is 1.46. The maximum Gasteiger partial charge on any atom is 0.406 e. The standard InChI is InChI=1S/C23H28F4N6O/c1-32-8-7-18(16(24)12-32)29-17-3-2-4-19-15(17)9-20(33(19)13-23(25,26)27)22-31-30-21(34-22)11-28-10-14-5-6-14/h2-4,9,14,16,18,28-29H,5-8,10-13H2,1H3/t16-,18+/m0/s1. The lowest BCUT2D eigenvalue weighted by Crippen LogP contribution is -2.46. The number of fused-ring (bicyclic) bond motifs is 1. The molecule has 7 nitrogen and oxygen atoms in total. The smallest absolute Gasteiger partial charge is 0.406 e. The molecule has 0 amide bonds. The highest BCUT2D eigenvalue weighted by Crippen LogP contribution is 2.35. The average Bonchev–Trinajstić information content (AvgIpc) is 3.35. The van der Waals surface area contributed by atoms with Gasteiger partial charge < -0.3 is 24.5 Å². The van der Waals surface area contributed by atoms with Gasteiger partial charge in [-0.05, 0) is 57.0 Å². The van der Waals surface area contributed by atoms with Gasteiger partial charge in [0.2, 0.25) is 5.89 Å². The molecule has 1 aliphatic carbocycles. The van der Waals surface area contributed by atoms with E-state index in [1.807, 2.05) is 11.9 Å². The molecular weight excluding hydrogens is 452 g/mol. The second-order valence-corrected chi connectivity index (χ2v) is 9.36. The van der Waals surface area contributed by atoms with Crippen LogP contribution in [-0.4, -0.2) is 64.7 Å². The molecule has 1 saturated carbocycles. The molecule has 5 rings (SSSR count). The van der Waals surface area contributed by atoms with Crippen LogP contribution in [0.1, 0.15) is 25.2 Å². The third kappa shape index (κ3) is 5.20. The lowest BCUT2D eigenvalue weighted by molar-refractivity contribution is -0.139. The van der Waals surface area contributed by atoms with E-state index in [4.69, 9.17) is 4.42 Å². The Hall–Kier alpha value is -2.66. The number of halogens is 4. The van der Waals surface area contributed by atoms with Crippen LogP contribution in [0.25, 0.3) is 22.5 Å². The van der Waals surface area contributed by atoms with Crippen molar-refractivity contribution in [3.05, 3.63) is 30.2 Å². The van der Waals surface area contributed by atoms with Gasteiger partial charge in [0, 0.05) is 24.2 Å². The van der Waals surface area contributed by atoms with Crippen molar-refractivity contribution in [1.29, 1.82) is 0 Å². The van der Waals surface area contributed by atoms with Gasteiger partial charge in [-0.25, -0.2) is 4.39 Å². The van der Waals surface area contributed by atoms with Gasteiger partial charge in [0.25, 0.3) is 5.89 Å². The van der Waals surface area contributed by atoms with Crippen LogP contribution in [0, 0.1) is 5.92 Å². The van der Waals surface area contributed by atoms with Crippen LogP contribution < -0.4 is 10.6 Å². The monoisotopic (exact) mass is 480 g/mol. The molecule has 11 heteroatoms. The van der Waals surface area contributed by atoms with Crippen LogP contribution in [0.3, 0.4) is 0 Å². The molecule has 1 saturated heterocycles. The Labute approximate surface area is 194 Å². The van der Waals surface area contributed by atoms with E-state index in [1.165, 1.54) is 12.8 Å². The Bertz CT molecular complexity index is 1140. The largest absolute Gasteiger partial charge is 0.418 e. The molecule has 2 aromatic heterocycles. The number of alkyl halides is 4. The van der Waals surface area contributed by atoms with E-state index in [-0.39, 0.29) is 11.6 Å². The highest BCUT2D eigenvalue weighted by molar-refractivity contribution is 5.96. The zero-order valence-electron chi connectivity index (χ0n) is 18.9. The molecule has 0 unspecified atom stereocenters. The summed E-state index contributed by atoms with van der Waals surface area (Å²) in [6.07, 6.45) is -2.51. The summed E-state index contributed by atoms with van der Waals surface area (Å²) in [6.45, 7) is 1.08. The van der Waals surface area contributed by atoms with E-state index in [9.17, 15) is 17.6 Å². The maximum atomic E-state index is 14.6. The first kappa shape index (κ1) is 23.1. The molecular formula is C23H28F4N6O. The van der Waals surface area contributed by atoms with E-state index in [2.05, 4.69) is 20.8 Å². The molecule has 184 valence electrons. The normalized spacial score (nSPS) is 21.9. The number of hydrogen-bond acceptors (Lipinski definition) is 6. The molecule has 3 heterocycles. The summed E-state index contributed by atoms with van der Waals surface area (Å²) < 4.78 is 61.9. The number of aromatic nitrogens is 3. The lowest BCUT2D eigenvalue weighted by atomic mass is 10.0. The average molecular weight is 481 g/mol. The molecule has 0 radical (unpaired) electrons. The third-order valence-corrected chi connectivity index (χ3v) is 6.46. The van der Waals surface area contributed by atoms with Crippen LogP contribution in [0.15, 0.2) is 28.7 Å². The quantitative estimate of drug-likeness (QED) is 0.471. The summed E-state index contributed by atoms with van der Waals surface area (Å²) in [5.74, 6) is 1.03. The summed E-state index contributed by atoms with van der Waals surface area (Å²) in [5.41, 5.74) is 1.14. The van der Waals surface area contributed by atoms with Crippen molar-refractivity contribution in [1.82, 2.24) is 25.0 Å². The van der Waals surface area contributed by atoms with Crippen LogP contribution in [0.2, 0.25) is 0 Å². The summed E-state index contributed by atoms with van der Waals surface area (Å²) in [6, 6.07) is 6.25. The number of piperidine rings is 1. The SMILES string of the molecule is CN1CC[C@@H](Nc2cccc3c2cc(-c2nnc(CNCC4CC4)o2)n3CC(F)(F)F)[C@@H](F)C1. The summed E-state index contributed by atoms with van der Waals surface area (Å²) >= 11 is 0. The van der Waals surface area contributed by atoms with Gasteiger partial charge in [0.1, 0.15) is 18.4 Å². The van der Waals surface area contributed by atoms with Gasteiger partial charge in [0.15, 0.2) is 0 Å². The van der Waals surface area contributed by atoms with Gasteiger partial charge in [-0.15, -0.1) is 10.2 Å². The molecule has 34 heavy (non-hydrogen) atoms. The molecule has 3 aromatic rings. The molecule has 2 N–H and O–H groups in total. The van der Waals surface area contributed by atoms with E-state index in [1.54, 1.807) is 24.3 Å². The highest BCUT2D eigenvalue weighted by atomic mass is 19.4.